The molecule has 1 aromatic heterocycles. The molecule has 7 heteroatoms. The van der Waals surface area contributed by atoms with E-state index in [1.165, 1.54) is 12.3 Å². The number of primary sulfonamides is 1. The van der Waals surface area contributed by atoms with Gasteiger partial charge in [0.25, 0.3) is 0 Å². The topological polar surface area (TPSA) is 85.1 Å². The number of pyridine rings is 1. The van der Waals surface area contributed by atoms with E-state index in [1.807, 2.05) is 24.3 Å². The molecule has 0 aliphatic carbocycles. The number of rotatable bonds is 6. The molecule has 0 saturated carbocycles. The Hall–Kier alpha value is -1.63. The van der Waals surface area contributed by atoms with Crippen molar-refractivity contribution in [2.24, 2.45) is 5.14 Å². The molecule has 0 amide bonds. The van der Waals surface area contributed by atoms with Crippen LogP contribution in [0.25, 0.3) is 0 Å². The first-order chi connectivity index (χ1) is 10.4. The zero-order valence-corrected chi connectivity index (χ0v) is 13.7. The largest absolute Gasteiger partial charge is 0.368 e. The van der Waals surface area contributed by atoms with E-state index in [-0.39, 0.29) is 16.6 Å². The number of aromatic nitrogens is 1. The van der Waals surface area contributed by atoms with Crippen LogP contribution in [0.3, 0.4) is 0 Å². The number of nitrogens with one attached hydrogen (secondary N) is 1. The Labute approximate surface area is 135 Å². The first kappa shape index (κ1) is 16.7. The molecule has 1 heterocycles. The second-order valence-corrected chi connectivity index (χ2v) is 6.90. The highest BCUT2D eigenvalue weighted by molar-refractivity contribution is 7.89. The van der Waals surface area contributed by atoms with E-state index < -0.39 is 10.0 Å². The third-order valence-corrected chi connectivity index (χ3v) is 4.62. The van der Waals surface area contributed by atoms with Crippen LogP contribution in [0, 0.1) is 0 Å². The van der Waals surface area contributed by atoms with Gasteiger partial charge in [0.2, 0.25) is 10.0 Å². The number of halogens is 1. The van der Waals surface area contributed by atoms with Crippen molar-refractivity contribution in [3.05, 3.63) is 53.2 Å². The van der Waals surface area contributed by atoms with Crippen LogP contribution < -0.4 is 10.5 Å². The third kappa shape index (κ3) is 4.19. The van der Waals surface area contributed by atoms with Crippen LogP contribution in [-0.2, 0) is 10.0 Å². The highest BCUT2D eigenvalue weighted by Crippen LogP contribution is 2.23. The van der Waals surface area contributed by atoms with E-state index >= 15 is 0 Å². The number of hydrogen-bond acceptors (Lipinski definition) is 4. The zero-order chi connectivity index (χ0) is 16.2. The van der Waals surface area contributed by atoms with Gasteiger partial charge in [-0.05, 0) is 36.2 Å². The quantitative estimate of drug-likeness (QED) is 0.847. The van der Waals surface area contributed by atoms with Gasteiger partial charge in [0, 0.05) is 23.7 Å². The van der Waals surface area contributed by atoms with E-state index in [1.54, 1.807) is 6.07 Å². The summed E-state index contributed by atoms with van der Waals surface area (Å²) in [6, 6.07) is 10.6. The fourth-order valence-electron chi connectivity index (χ4n) is 2.21. The summed E-state index contributed by atoms with van der Waals surface area (Å²) in [5.74, 6) is 0.491. The number of benzene rings is 1. The lowest BCUT2D eigenvalue weighted by Crippen LogP contribution is -2.18. The Morgan fingerprint density at radius 3 is 2.55 bits per heavy atom. The standard InChI is InChI=1S/C15H18ClN3O2S/c1-2-11(12-5-7-13(16)8-6-12)10-19-15-14(22(17,20)21)4-3-9-18-15/h3-9,11H,2,10H2,1H3,(H,18,19)(H2,17,20,21). The van der Waals surface area contributed by atoms with Gasteiger partial charge in [0.1, 0.15) is 10.7 Å². The molecule has 0 radical (unpaired) electrons. The van der Waals surface area contributed by atoms with E-state index in [9.17, 15) is 8.42 Å². The van der Waals surface area contributed by atoms with Crippen molar-refractivity contribution < 1.29 is 8.42 Å². The summed E-state index contributed by atoms with van der Waals surface area (Å²) in [5, 5.41) is 8.97. The molecule has 0 fully saturated rings. The van der Waals surface area contributed by atoms with Gasteiger partial charge in [-0.15, -0.1) is 0 Å². The Morgan fingerprint density at radius 1 is 1.27 bits per heavy atom. The minimum absolute atomic E-state index is 0.000888. The Morgan fingerprint density at radius 2 is 1.95 bits per heavy atom. The van der Waals surface area contributed by atoms with Crippen LogP contribution in [0.1, 0.15) is 24.8 Å². The van der Waals surface area contributed by atoms with Gasteiger partial charge in [0.05, 0.1) is 0 Å². The van der Waals surface area contributed by atoms with E-state index in [2.05, 4.69) is 17.2 Å². The number of nitrogens with zero attached hydrogens (tertiary/aromatic N) is 1. The molecule has 22 heavy (non-hydrogen) atoms. The SMILES string of the molecule is CCC(CNc1ncccc1S(N)(=O)=O)c1ccc(Cl)cc1. The second-order valence-electron chi connectivity index (χ2n) is 4.93. The average Bonchev–Trinajstić information content (AvgIpc) is 2.49. The monoisotopic (exact) mass is 339 g/mol. The maximum Gasteiger partial charge on any atom is 0.241 e. The molecule has 118 valence electrons. The van der Waals surface area contributed by atoms with Crippen LogP contribution in [0.15, 0.2) is 47.5 Å². The second kappa shape index (κ2) is 7.09. The number of hydrogen-bond donors (Lipinski definition) is 2. The van der Waals surface area contributed by atoms with Crippen molar-refractivity contribution in [2.45, 2.75) is 24.2 Å². The molecule has 0 aliphatic heterocycles. The molecule has 0 spiro atoms. The molecule has 0 aliphatic rings. The minimum atomic E-state index is -3.80. The summed E-state index contributed by atoms with van der Waals surface area (Å²) in [5.41, 5.74) is 1.13. The maximum atomic E-state index is 11.6. The fourth-order valence-corrected chi connectivity index (χ4v) is 2.99. The summed E-state index contributed by atoms with van der Waals surface area (Å²) in [4.78, 5) is 4.07. The van der Waals surface area contributed by atoms with Crippen LogP contribution in [-0.4, -0.2) is 19.9 Å². The highest BCUT2D eigenvalue weighted by atomic mass is 35.5. The molecule has 0 saturated heterocycles. The molecule has 0 bridgehead atoms. The summed E-state index contributed by atoms with van der Waals surface area (Å²) >= 11 is 5.90. The van der Waals surface area contributed by atoms with Gasteiger partial charge >= 0.3 is 0 Å². The highest BCUT2D eigenvalue weighted by Gasteiger charge is 2.16. The first-order valence-corrected chi connectivity index (χ1v) is 8.81. The predicted octanol–water partition coefficient (Wildman–Crippen LogP) is 2.99. The van der Waals surface area contributed by atoms with Gasteiger partial charge in [-0.1, -0.05) is 30.7 Å². The molecule has 1 unspecified atom stereocenters. The summed E-state index contributed by atoms with van der Waals surface area (Å²) in [6.45, 7) is 2.62. The fraction of sp³-hybridized carbons (Fsp3) is 0.267. The normalized spacial score (nSPS) is 12.9. The molecule has 2 aromatic rings. The average molecular weight is 340 g/mol. The smallest absolute Gasteiger partial charge is 0.241 e. The molecule has 2 rings (SSSR count). The lowest BCUT2D eigenvalue weighted by Gasteiger charge is -2.17. The molecule has 3 N–H and O–H groups in total. The van der Waals surface area contributed by atoms with E-state index in [0.717, 1.165) is 12.0 Å². The summed E-state index contributed by atoms with van der Waals surface area (Å²) < 4.78 is 23.1. The van der Waals surface area contributed by atoms with Gasteiger partial charge < -0.3 is 5.32 Å². The molecule has 5 nitrogen and oxygen atoms in total. The molecule has 1 aromatic carbocycles. The predicted molar refractivity (Wildman–Crippen MR) is 88.6 cm³/mol. The van der Waals surface area contributed by atoms with Crippen molar-refractivity contribution >= 4 is 27.4 Å². The lowest BCUT2D eigenvalue weighted by molar-refractivity contribution is 0.597. The zero-order valence-electron chi connectivity index (χ0n) is 12.2. The number of nitrogens with two attached hydrogens (primary N) is 1. The third-order valence-electron chi connectivity index (χ3n) is 3.43. The van der Waals surface area contributed by atoms with Gasteiger partial charge in [-0.25, -0.2) is 18.5 Å². The van der Waals surface area contributed by atoms with Crippen molar-refractivity contribution in [1.82, 2.24) is 4.98 Å². The van der Waals surface area contributed by atoms with Gasteiger partial charge in [-0.3, -0.25) is 0 Å². The molecular weight excluding hydrogens is 322 g/mol. The Bertz CT molecular complexity index is 733. The van der Waals surface area contributed by atoms with Crippen LogP contribution in [0.4, 0.5) is 5.82 Å². The lowest BCUT2D eigenvalue weighted by atomic mass is 9.96. The van der Waals surface area contributed by atoms with Crippen LogP contribution in [0.2, 0.25) is 5.02 Å². The van der Waals surface area contributed by atoms with Crippen molar-refractivity contribution in [1.29, 1.82) is 0 Å². The minimum Gasteiger partial charge on any atom is -0.368 e. The van der Waals surface area contributed by atoms with Crippen LogP contribution >= 0.6 is 11.6 Å². The number of anilines is 1. The van der Waals surface area contributed by atoms with Gasteiger partial charge in [0.15, 0.2) is 0 Å². The van der Waals surface area contributed by atoms with Crippen LogP contribution in [0.5, 0.6) is 0 Å². The Balaban J connectivity index is 2.16. The van der Waals surface area contributed by atoms with Gasteiger partial charge in [-0.2, -0.15) is 0 Å². The van der Waals surface area contributed by atoms with Crippen molar-refractivity contribution in [3.63, 3.8) is 0 Å². The summed E-state index contributed by atoms with van der Waals surface area (Å²) in [7, 11) is -3.80. The van der Waals surface area contributed by atoms with Crippen molar-refractivity contribution in [3.8, 4) is 0 Å². The van der Waals surface area contributed by atoms with E-state index in [4.69, 9.17) is 16.7 Å². The summed E-state index contributed by atoms with van der Waals surface area (Å²) in [6.07, 6.45) is 2.42. The number of sulfonamides is 1. The molecule has 1 atom stereocenters. The Kier molecular flexibility index (Phi) is 5.39. The molecular formula is C15H18ClN3O2S. The maximum absolute atomic E-state index is 11.6. The van der Waals surface area contributed by atoms with E-state index in [0.29, 0.717) is 11.6 Å². The van der Waals surface area contributed by atoms with Crippen molar-refractivity contribution in [2.75, 3.05) is 11.9 Å². The first-order valence-electron chi connectivity index (χ1n) is 6.89.